The zero-order chi connectivity index (χ0) is 19.7. The van der Waals surface area contributed by atoms with Crippen LogP contribution in [0.2, 0.25) is 0 Å². The molecule has 0 radical (unpaired) electrons. The monoisotopic (exact) mass is 372 g/mol. The highest BCUT2D eigenvalue weighted by Gasteiger charge is 2.37. The molecule has 2 aromatic rings. The number of carbonyl (C=O) groups excluding carboxylic acids is 1. The molecule has 27 heavy (non-hydrogen) atoms. The second-order valence-corrected chi connectivity index (χ2v) is 5.51. The van der Waals surface area contributed by atoms with E-state index in [0.717, 1.165) is 23.2 Å². The van der Waals surface area contributed by atoms with Gasteiger partial charge < -0.3 is 9.84 Å². The van der Waals surface area contributed by atoms with Crippen molar-refractivity contribution in [1.82, 2.24) is 5.01 Å². The van der Waals surface area contributed by atoms with Crippen LogP contribution in [-0.4, -0.2) is 31.8 Å². The van der Waals surface area contributed by atoms with E-state index in [9.17, 15) is 30.1 Å². The Bertz CT molecular complexity index is 988. The van der Waals surface area contributed by atoms with Gasteiger partial charge in [0, 0.05) is 25.1 Å². The summed E-state index contributed by atoms with van der Waals surface area (Å²) >= 11 is 0. The zero-order valence-electron chi connectivity index (χ0n) is 13.8. The van der Waals surface area contributed by atoms with Gasteiger partial charge in [0.05, 0.1) is 15.4 Å². The maximum atomic E-state index is 11.9. The number of hydrazone groups is 1. The van der Waals surface area contributed by atoms with E-state index in [1.807, 2.05) is 0 Å². The molecule has 138 valence electrons. The highest BCUT2D eigenvalue weighted by Crippen LogP contribution is 2.37. The number of nitro groups is 2. The molecule has 11 nitrogen and oxygen atoms in total. The summed E-state index contributed by atoms with van der Waals surface area (Å²) in [5.41, 5.74) is -0.657. The quantitative estimate of drug-likeness (QED) is 0.640. The maximum absolute atomic E-state index is 11.9. The van der Waals surface area contributed by atoms with Crippen molar-refractivity contribution in [2.24, 2.45) is 5.10 Å². The standard InChI is InChI=1S/C16H12N4O7/c1-9(21)18-16(12-8-10(19(23)24)6-7-14(12)22)27-15(17-18)11-4-2-3-5-13(11)20(25)26/h2-8,16,22H,1H3/t16-/m0/s1. The molecule has 0 aliphatic carbocycles. The van der Waals surface area contributed by atoms with Crippen LogP contribution in [0.25, 0.3) is 0 Å². The molecule has 0 spiro atoms. The molecule has 1 amide bonds. The number of phenolic OH excluding ortho intramolecular Hbond substituents is 1. The van der Waals surface area contributed by atoms with E-state index in [4.69, 9.17) is 4.74 Å². The molecule has 0 fully saturated rings. The van der Waals surface area contributed by atoms with Gasteiger partial charge in [-0.15, -0.1) is 5.10 Å². The molecule has 1 aliphatic rings. The van der Waals surface area contributed by atoms with Crippen LogP contribution in [0, 0.1) is 20.2 Å². The van der Waals surface area contributed by atoms with Gasteiger partial charge in [-0.05, 0) is 12.1 Å². The molecule has 3 rings (SSSR count). The molecule has 1 heterocycles. The van der Waals surface area contributed by atoms with Crippen LogP contribution in [0.5, 0.6) is 5.75 Å². The second-order valence-electron chi connectivity index (χ2n) is 5.51. The predicted octanol–water partition coefficient (Wildman–Crippen LogP) is 2.45. The molecule has 1 aliphatic heterocycles. The maximum Gasteiger partial charge on any atom is 0.282 e. The van der Waals surface area contributed by atoms with Crippen LogP contribution in [0.1, 0.15) is 24.3 Å². The van der Waals surface area contributed by atoms with E-state index in [0.29, 0.717) is 0 Å². The SMILES string of the molecule is CC(=O)N1N=C(c2ccccc2[N+](=O)[O-])O[C@H]1c1cc([N+](=O)[O-])ccc1O. The lowest BCUT2D eigenvalue weighted by molar-refractivity contribution is -0.385. The van der Waals surface area contributed by atoms with E-state index in [1.54, 1.807) is 0 Å². The number of phenols is 1. The number of non-ortho nitro benzene ring substituents is 1. The second kappa shape index (κ2) is 6.71. The Labute approximate surface area is 151 Å². The highest BCUT2D eigenvalue weighted by molar-refractivity contribution is 5.99. The minimum absolute atomic E-state index is 0.0289. The number of para-hydroxylation sites is 1. The summed E-state index contributed by atoms with van der Waals surface area (Å²) in [6.45, 7) is 1.18. The average Bonchev–Trinajstić information content (AvgIpc) is 3.07. The Balaban J connectivity index is 2.07. The van der Waals surface area contributed by atoms with Crippen molar-refractivity contribution < 1.29 is 24.5 Å². The summed E-state index contributed by atoms with van der Waals surface area (Å²) in [6, 6.07) is 8.87. The first-order chi connectivity index (χ1) is 12.8. The first-order valence-corrected chi connectivity index (χ1v) is 7.55. The minimum Gasteiger partial charge on any atom is -0.507 e. The van der Waals surface area contributed by atoms with E-state index in [2.05, 4.69) is 5.10 Å². The van der Waals surface area contributed by atoms with Gasteiger partial charge in [0.25, 0.3) is 11.4 Å². The lowest BCUT2D eigenvalue weighted by atomic mass is 10.1. The van der Waals surface area contributed by atoms with Gasteiger partial charge in [-0.25, -0.2) is 0 Å². The third-order valence-corrected chi connectivity index (χ3v) is 3.79. The molecule has 1 N–H and O–H groups in total. The summed E-state index contributed by atoms with van der Waals surface area (Å²) in [4.78, 5) is 32.9. The van der Waals surface area contributed by atoms with Crippen molar-refractivity contribution in [3.05, 3.63) is 73.8 Å². The molecular formula is C16H12N4O7. The molecule has 0 bridgehead atoms. The van der Waals surface area contributed by atoms with Crippen LogP contribution >= 0.6 is 0 Å². The fourth-order valence-corrected chi connectivity index (χ4v) is 2.54. The summed E-state index contributed by atoms with van der Waals surface area (Å²) in [5, 5.41) is 37.1. The molecule has 0 saturated carbocycles. The fourth-order valence-electron chi connectivity index (χ4n) is 2.54. The van der Waals surface area contributed by atoms with E-state index < -0.39 is 22.0 Å². The van der Waals surface area contributed by atoms with Crippen LogP contribution in [0.3, 0.4) is 0 Å². The number of nitrogens with zero attached hydrogens (tertiary/aromatic N) is 4. The summed E-state index contributed by atoms with van der Waals surface area (Å²) in [5.74, 6) is -1.15. The van der Waals surface area contributed by atoms with Gasteiger partial charge in [-0.3, -0.25) is 25.0 Å². The van der Waals surface area contributed by atoms with Crippen molar-refractivity contribution in [1.29, 1.82) is 0 Å². The van der Waals surface area contributed by atoms with E-state index in [-0.39, 0.29) is 34.1 Å². The molecule has 0 unspecified atom stereocenters. The Morgan fingerprint density at radius 2 is 1.89 bits per heavy atom. The zero-order valence-corrected chi connectivity index (χ0v) is 13.8. The number of rotatable bonds is 4. The number of hydrogen-bond acceptors (Lipinski definition) is 8. The first kappa shape index (κ1) is 17.8. The molecule has 2 aromatic carbocycles. The molecule has 11 heteroatoms. The van der Waals surface area contributed by atoms with Crippen molar-refractivity contribution >= 4 is 23.2 Å². The minimum atomic E-state index is -1.31. The number of nitro benzene ring substituents is 2. The Kier molecular flexibility index (Phi) is 4.42. The molecule has 0 aromatic heterocycles. The number of benzene rings is 2. The molecular weight excluding hydrogens is 360 g/mol. The number of ether oxygens (including phenoxy) is 1. The van der Waals surface area contributed by atoms with Crippen molar-refractivity contribution in [2.75, 3.05) is 0 Å². The summed E-state index contributed by atoms with van der Waals surface area (Å²) in [7, 11) is 0. The van der Waals surface area contributed by atoms with Gasteiger partial charge in [-0.2, -0.15) is 5.01 Å². The normalized spacial score (nSPS) is 15.8. The van der Waals surface area contributed by atoms with Crippen LogP contribution in [-0.2, 0) is 9.53 Å². The lowest BCUT2D eigenvalue weighted by Gasteiger charge is -2.19. The third kappa shape index (κ3) is 3.25. The van der Waals surface area contributed by atoms with Crippen LogP contribution in [0.4, 0.5) is 11.4 Å². The number of carbonyl (C=O) groups is 1. The molecule has 0 saturated heterocycles. The lowest BCUT2D eigenvalue weighted by Crippen LogP contribution is -2.25. The van der Waals surface area contributed by atoms with Gasteiger partial charge in [0.15, 0.2) is 0 Å². The number of hydrogen-bond donors (Lipinski definition) is 1. The van der Waals surface area contributed by atoms with Crippen LogP contribution < -0.4 is 0 Å². The summed E-state index contributed by atoms with van der Waals surface area (Å²) < 4.78 is 5.58. The van der Waals surface area contributed by atoms with Gasteiger partial charge in [0.1, 0.15) is 11.3 Å². The fraction of sp³-hybridized carbons (Fsp3) is 0.125. The molecule has 1 atom stereocenters. The number of amides is 1. The Morgan fingerprint density at radius 1 is 1.19 bits per heavy atom. The van der Waals surface area contributed by atoms with Gasteiger partial charge in [-0.1, -0.05) is 12.1 Å². The highest BCUT2D eigenvalue weighted by atomic mass is 16.6. The van der Waals surface area contributed by atoms with Crippen LogP contribution in [0.15, 0.2) is 47.6 Å². The van der Waals surface area contributed by atoms with E-state index >= 15 is 0 Å². The van der Waals surface area contributed by atoms with Gasteiger partial charge >= 0.3 is 0 Å². The topological polar surface area (TPSA) is 148 Å². The third-order valence-electron chi connectivity index (χ3n) is 3.79. The Hall–Kier alpha value is -4.02. The smallest absolute Gasteiger partial charge is 0.282 e. The Morgan fingerprint density at radius 3 is 2.52 bits per heavy atom. The summed E-state index contributed by atoms with van der Waals surface area (Å²) in [6.07, 6.45) is -1.31. The average molecular weight is 372 g/mol. The van der Waals surface area contributed by atoms with Crippen molar-refractivity contribution in [2.45, 2.75) is 13.2 Å². The predicted molar refractivity (Wildman–Crippen MR) is 90.7 cm³/mol. The largest absolute Gasteiger partial charge is 0.507 e. The van der Waals surface area contributed by atoms with Crippen molar-refractivity contribution in [3.8, 4) is 5.75 Å². The van der Waals surface area contributed by atoms with Crippen molar-refractivity contribution in [3.63, 3.8) is 0 Å². The first-order valence-electron chi connectivity index (χ1n) is 7.55. The number of aromatic hydroxyl groups is 1. The van der Waals surface area contributed by atoms with E-state index in [1.165, 1.54) is 31.2 Å². The van der Waals surface area contributed by atoms with Gasteiger partial charge in [0.2, 0.25) is 18.0 Å².